The second-order valence-electron chi connectivity index (χ2n) is 5.17. The fourth-order valence-corrected chi connectivity index (χ4v) is 2.29. The van der Waals surface area contributed by atoms with Gasteiger partial charge in [-0.25, -0.2) is 0 Å². The van der Waals surface area contributed by atoms with Gasteiger partial charge in [0.2, 0.25) is 0 Å². The number of nitrogens with zero attached hydrogens (tertiary/aromatic N) is 2. The van der Waals surface area contributed by atoms with Crippen LogP contribution in [-0.4, -0.2) is 35.1 Å². The summed E-state index contributed by atoms with van der Waals surface area (Å²) in [6.45, 7) is 1.94. The first-order valence-corrected chi connectivity index (χ1v) is 7.36. The molecule has 0 saturated heterocycles. The van der Waals surface area contributed by atoms with E-state index in [1.165, 1.54) is 0 Å². The number of aromatic amines is 1. The minimum Gasteiger partial charge on any atom is -0.484 e. The van der Waals surface area contributed by atoms with E-state index in [2.05, 4.69) is 15.0 Å². The number of rotatable bonds is 6. The lowest BCUT2D eigenvalue weighted by atomic mass is 10.1. The Bertz CT molecular complexity index is 852. The molecule has 0 aliphatic carbocycles. The first-order valence-electron chi connectivity index (χ1n) is 7.36. The van der Waals surface area contributed by atoms with E-state index in [1.54, 1.807) is 24.5 Å². The molecule has 3 aromatic rings. The molecule has 0 unspecified atom stereocenters. The van der Waals surface area contributed by atoms with Gasteiger partial charge in [0, 0.05) is 35.1 Å². The Morgan fingerprint density at radius 2 is 2.22 bits per heavy atom. The Labute approximate surface area is 134 Å². The lowest BCUT2D eigenvalue weighted by Crippen LogP contribution is -2.14. The van der Waals surface area contributed by atoms with E-state index in [0.29, 0.717) is 5.75 Å². The van der Waals surface area contributed by atoms with Crippen LogP contribution in [0.15, 0.2) is 53.8 Å². The summed E-state index contributed by atoms with van der Waals surface area (Å²) < 4.78 is 5.47. The molecule has 5 nitrogen and oxygen atoms in total. The molecule has 0 amide bonds. The van der Waals surface area contributed by atoms with Crippen molar-refractivity contribution in [1.29, 1.82) is 0 Å². The SMILES string of the molecule is Cc1ncccc1OCC(=O)CN=Cc1cccc2[nH]ccc12. The molecular weight excluding hydrogens is 290 g/mol. The molecule has 0 radical (unpaired) electrons. The number of aliphatic imine (C=N–C) groups is 1. The summed E-state index contributed by atoms with van der Waals surface area (Å²) >= 11 is 0. The van der Waals surface area contributed by atoms with Crippen molar-refractivity contribution in [3.05, 3.63) is 60.0 Å². The molecule has 1 N–H and O–H groups in total. The van der Waals surface area contributed by atoms with Crippen LogP contribution in [0.5, 0.6) is 5.75 Å². The number of H-pyrrole nitrogens is 1. The van der Waals surface area contributed by atoms with Crippen LogP contribution in [0, 0.1) is 6.92 Å². The van der Waals surface area contributed by atoms with Crippen molar-refractivity contribution in [1.82, 2.24) is 9.97 Å². The first kappa shape index (κ1) is 15.0. The van der Waals surface area contributed by atoms with Crippen molar-refractivity contribution in [2.24, 2.45) is 4.99 Å². The molecule has 0 saturated carbocycles. The highest BCUT2D eigenvalue weighted by atomic mass is 16.5. The number of carbonyl (C=O) groups is 1. The number of hydrogen-bond donors (Lipinski definition) is 1. The van der Waals surface area contributed by atoms with Crippen molar-refractivity contribution in [3.8, 4) is 5.75 Å². The van der Waals surface area contributed by atoms with Gasteiger partial charge in [-0.05, 0) is 31.2 Å². The molecule has 0 aliphatic rings. The number of benzene rings is 1. The number of ketones is 1. The lowest BCUT2D eigenvalue weighted by Gasteiger charge is -2.06. The number of Topliss-reactive ketones (excluding diaryl/α,β-unsaturated/α-hetero) is 1. The highest BCUT2D eigenvalue weighted by molar-refractivity contribution is 5.99. The summed E-state index contributed by atoms with van der Waals surface area (Å²) in [5.74, 6) is 0.549. The van der Waals surface area contributed by atoms with E-state index in [9.17, 15) is 4.79 Å². The average Bonchev–Trinajstić information content (AvgIpc) is 3.03. The Morgan fingerprint density at radius 1 is 1.30 bits per heavy atom. The Kier molecular flexibility index (Phi) is 4.47. The zero-order valence-corrected chi connectivity index (χ0v) is 12.8. The van der Waals surface area contributed by atoms with Crippen LogP contribution in [0.1, 0.15) is 11.3 Å². The minimum absolute atomic E-state index is 0.00176. The number of aryl methyl sites for hydroxylation is 1. The standard InChI is InChI=1S/C18H17N3O2/c1-13-18(6-3-8-20-13)23-12-15(22)11-19-10-14-4-2-5-17-16(14)7-9-21-17/h2-10,21H,11-12H2,1H3. The van der Waals surface area contributed by atoms with Gasteiger partial charge in [-0.1, -0.05) is 12.1 Å². The molecule has 0 fully saturated rings. The maximum atomic E-state index is 11.9. The van der Waals surface area contributed by atoms with E-state index in [1.807, 2.05) is 37.4 Å². The molecule has 5 heteroatoms. The van der Waals surface area contributed by atoms with Gasteiger partial charge >= 0.3 is 0 Å². The number of aromatic nitrogens is 2. The number of carbonyl (C=O) groups excluding carboxylic acids is 1. The zero-order valence-electron chi connectivity index (χ0n) is 12.8. The van der Waals surface area contributed by atoms with Gasteiger partial charge in [0.15, 0.2) is 5.78 Å². The molecule has 2 aromatic heterocycles. The van der Waals surface area contributed by atoms with Crippen LogP contribution in [0.4, 0.5) is 0 Å². The van der Waals surface area contributed by atoms with Crippen LogP contribution in [0.25, 0.3) is 10.9 Å². The predicted octanol–water partition coefficient (Wildman–Crippen LogP) is 2.94. The topological polar surface area (TPSA) is 67.3 Å². The van der Waals surface area contributed by atoms with Gasteiger partial charge < -0.3 is 9.72 Å². The number of pyridine rings is 1. The molecule has 0 aliphatic heterocycles. The summed E-state index contributed by atoms with van der Waals surface area (Å²) in [5, 5.41) is 1.09. The molecule has 0 spiro atoms. The van der Waals surface area contributed by atoms with Crippen molar-refractivity contribution in [2.75, 3.05) is 13.2 Å². The normalized spacial score (nSPS) is 11.2. The van der Waals surface area contributed by atoms with Crippen molar-refractivity contribution in [2.45, 2.75) is 6.92 Å². The van der Waals surface area contributed by atoms with Crippen LogP contribution >= 0.6 is 0 Å². The van der Waals surface area contributed by atoms with Crippen LogP contribution in [-0.2, 0) is 4.79 Å². The molecule has 2 heterocycles. The van der Waals surface area contributed by atoms with Gasteiger partial charge in [0.25, 0.3) is 0 Å². The lowest BCUT2D eigenvalue weighted by molar-refractivity contribution is -0.119. The molecule has 1 aromatic carbocycles. The van der Waals surface area contributed by atoms with Crippen LogP contribution < -0.4 is 4.74 Å². The van der Waals surface area contributed by atoms with Crippen molar-refractivity contribution < 1.29 is 9.53 Å². The molecule has 0 bridgehead atoms. The van der Waals surface area contributed by atoms with Crippen molar-refractivity contribution in [3.63, 3.8) is 0 Å². The number of hydrogen-bond acceptors (Lipinski definition) is 4. The van der Waals surface area contributed by atoms with E-state index in [4.69, 9.17) is 4.74 Å². The number of ether oxygens (including phenoxy) is 1. The molecule has 23 heavy (non-hydrogen) atoms. The molecular formula is C18H17N3O2. The second-order valence-corrected chi connectivity index (χ2v) is 5.17. The Hall–Kier alpha value is -2.95. The van der Waals surface area contributed by atoms with Crippen LogP contribution in [0.2, 0.25) is 0 Å². The second kappa shape index (κ2) is 6.87. The molecule has 3 rings (SSSR count). The third-order valence-electron chi connectivity index (χ3n) is 3.47. The third-order valence-corrected chi connectivity index (χ3v) is 3.47. The van der Waals surface area contributed by atoms with Gasteiger partial charge in [-0.2, -0.15) is 0 Å². The molecule has 0 atom stereocenters. The van der Waals surface area contributed by atoms with Gasteiger partial charge in [0.1, 0.15) is 18.9 Å². The summed E-state index contributed by atoms with van der Waals surface area (Å²) in [4.78, 5) is 23.4. The quantitative estimate of drug-likeness (QED) is 0.712. The summed E-state index contributed by atoms with van der Waals surface area (Å²) in [6.07, 6.45) is 5.30. The van der Waals surface area contributed by atoms with E-state index in [0.717, 1.165) is 22.2 Å². The molecule has 116 valence electrons. The smallest absolute Gasteiger partial charge is 0.191 e. The van der Waals surface area contributed by atoms with Crippen LogP contribution in [0.3, 0.4) is 0 Å². The van der Waals surface area contributed by atoms with Gasteiger partial charge in [0.05, 0.1) is 5.69 Å². The number of nitrogens with one attached hydrogen (secondary N) is 1. The van der Waals surface area contributed by atoms with E-state index < -0.39 is 0 Å². The van der Waals surface area contributed by atoms with Gasteiger partial charge in [-0.3, -0.25) is 14.8 Å². The van der Waals surface area contributed by atoms with E-state index in [-0.39, 0.29) is 18.9 Å². The predicted molar refractivity (Wildman–Crippen MR) is 90.2 cm³/mol. The van der Waals surface area contributed by atoms with Crippen molar-refractivity contribution >= 4 is 22.9 Å². The van der Waals surface area contributed by atoms with E-state index >= 15 is 0 Å². The summed E-state index contributed by atoms with van der Waals surface area (Å²) in [7, 11) is 0. The minimum atomic E-state index is -0.0780. The fraction of sp³-hybridized carbons (Fsp3) is 0.167. The highest BCUT2D eigenvalue weighted by Crippen LogP contribution is 2.15. The maximum Gasteiger partial charge on any atom is 0.191 e. The summed E-state index contributed by atoms with van der Waals surface area (Å²) in [5.41, 5.74) is 2.80. The maximum absolute atomic E-state index is 11.9. The monoisotopic (exact) mass is 307 g/mol. The number of fused-ring (bicyclic) bond motifs is 1. The fourth-order valence-electron chi connectivity index (χ4n) is 2.29. The third kappa shape index (κ3) is 3.63. The Morgan fingerprint density at radius 3 is 3.09 bits per heavy atom. The summed E-state index contributed by atoms with van der Waals surface area (Å²) in [6, 6.07) is 11.5. The average molecular weight is 307 g/mol. The first-order chi connectivity index (χ1) is 11.2. The highest BCUT2D eigenvalue weighted by Gasteiger charge is 2.04. The van der Waals surface area contributed by atoms with Gasteiger partial charge in [-0.15, -0.1) is 0 Å². The zero-order chi connectivity index (χ0) is 16.1. The Balaban J connectivity index is 1.57. The largest absolute Gasteiger partial charge is 0.484 e.